The number of amides is 4. The number of urea groups is 1. The van der Waals surface area contributed by atoms with E-state index in [0.717, 1.165) is 36.4 Å². The summed E-state index contributed by atoms with van der Waals surface area (Å²) in [5.41, 5.74) is 2.16. The van der Waals surface area contributed by atoms with E-state index in [9.17, 15) is 14.4 Å². The summed E-state index contributed by atoms with van der Waals surface area (Å²) >= 11 is 6.21. The average molecular weight is 441 g/mol. The van der Waals surface area contributed by atoms with Crippen LogP contribution in [0.15, 0.2) is 48.5 Å². The molecule has 0 aromatic heterocycles. The van der Waals surface area contributed by atoms with Gasteiger partial charge in [0.2, 0.25) is 5.91 Å². The van der Waals surface area contributed by atoms with Crippen LogP contribution >= 0.6 is 11.6 Å². The molecule has 0 spiro atoms. The van der Waals surface area contributed by atoms with Crippen LogP contribution in [0.2, 0.25) is 5.02 Å². The van der Waals surface area contributed by atoms with E-state index in [1.165, 1.54) is 0 Å². The summed E-state index contributed by atoms with van der Waals surface area (Å²) in [4.78, 5) is 40.4. The van der Waals surface area contributed by atoms with Crippen molar-refractivity contribution >= 4 is 29.4 Å². The van der Waals surface area contributed by atoms with Crippen molar-refractivity contribution in [3.05, 3.63) is 70.2 Å². The summed E-state index contributed by atoms with van der Waals surface area (Å²) < 4.78 is 0. The van der Waals surface area contributed by atoms with Gasteiger partial charge in [-0.3, -0.25) is 19.4 Å². The van der Waals surface area contributed by atoms with E-state index in [1.54, 1.807) is 24.3 Å². The molecule has 8 heteroatoms. The molecule has 1 unspecified atom stereocenters. The zero-order chi connectivity index (χ0) is 21.8. The first-order chi connectivity index (χ1) is 15.0. The second kappa shape index (κ2) is 9.49. The molecule has 4 rings (SSSR count). The van der Waals surface area contributed by atoms with E-state index < -0.39 is 6.03 Å². The van der Waals surface area contributed by atoms with E-state index in [4.69, 9.17) is 11.6 Å². The minimum absolute atomic E-state index is 0.00958. The van der Waals surface area contributed by atoms with Gasteiger partial charge in [-0.15, -0.1) is 0 Å². The Labute approximate surface area is 186 Å². The van der Waals surface area contributed by atoms with Gasteiger partial charge in [-0.2, -0.15) is 0 Å². The maximum absolute atomic E-state index is 13.1. The maximum Gasteiger partial charge on any atom is 0.324 e. The summed E-state index contributed by atoms with van der Waals surface area (Å²) in [6.45, 7) is 2.46. The fourth-order valence-electron chi connectivity index (χ4n) is 4.17. The van der Waals surface area contributed by atoms with Gasteiger partial charge in [0.15, 0.2) is 0 Å². The third-order valence-corrected chi connectivity index (χ3v) is 6.03. The molecule has 0 saturated carbocycles. The van der Waals surface area contributed by atoms with Crippen molar-refractivity contribution in [2.24, 2.45) is 0 Å². The second-order valence-corrected chi connectivity index (χ2v) is 8.26. The first-order valence-corrected chi connectivity index (χ1v) is 10.8. The van der Waals surface area contributed by atoms with Crippen molar-refractivity contribution in [1.29, 1.82) is 0 Å². The van der Waals surface area contributed by atoms with Gasteiger partial charge in [-0.1, -0.05) is 41.9 Å². The standard InChI is InChI=1S/C23H25ClN4O3/c24-18-8-5-7-16(12-18)20(27-10-3-4-11-27)13-25-22(30)19-9-2-1-6-17(19)15-28-21(29)14-26-23(28)31/h1-2,5-9,12,20H,3-4,10-11,13-15H2,(H,25,30)(H,26,31). The van der Waals surface area contributed by atoms with E-state index in [2.05, 4.69) is 15.5 Å². The van der Waals surface area contributed by atoms with E-state index >= 15 is 0 Å². The lowest BCUT2D eigenvalue weighted by molar-refractivity contribution is -0.125. The molecule has 0 bridgehead atoms. The Hall–Kier alpha value is -2.90. The third kappa shape index (κ3) is 4.89. The molecule has 0 radical (unpaired) electrons. The first kappa shape index (κ1) is 21.3. The van der Waals surface area contributed by atoms with Gasteiger partial charge in [-0.25, -0.2) is 4.79 Å². The molecule has 2 aromatic carbocycles. The number of carbonyl (C=O) groups is 3. The fourth-order valence-corrected chi connectivity index (χ4v) is 4.37. The number of nitrogens with one attached hydrogen (secondary N) is 2. The highest BCUT2D eigenvalue weighted by molar-refractivity contribution is 6.30. The molecule has 2 heterocycles. The Morgan fingerprint density at radius 2 is 1.87 bits per heavy atom. The predicted octanol–water partition coefficient (Wildman–Crippen LogP) is 2.96. The quantitative estimate of drug-likeness (QED) is 0.648. The van der Waals surface area contributed by atoms with Crippen LogP contribution in [0, 0.1) is 0 Å². The third-order valence-electron chi connectivity index (χ3n) is 5.80. The highest BCUT2D eigenvalue weighted by Gasteiger charge is 2.30. The number of hydrogen-bond donors (Lipinski definition) is 2. The van der Waals surface area contributed by atoms with E-state index in [1.807, 2.05) is 24.3 Å². The molecular formula is C23H25ClN4O3. The fraction of sp³-hybridized carbons (Fsp3) is 0.348. The van der Waals surface area contributed by atoms with Gasteiger partial charge < -0.3 is 10.6 Å². The average Bonchev–Trinajstić information content (AvgIpc) is 3.40. The highest BCUT2D eigenvalue weighted by Crippen LogP contribution is 2.26. The summed E-state index contributed by atoms with van der Waals surface area (Å²) in [7, 11) is 0. The molecule has 2 fully saturated rings. The zero-order valence-corrected chi connectivity index (χ0v) is 17.9. The molecule has 2 saturated heterocycles. The van der Waals surface area contributed by atoms with Crippen LogP contribution in [0.4, 0.5) is 4.79 Å². The molecule has 7 nitrogen and oxygen atoms in total. The van der Waals surface area contributed by atoms with Crippen molar-refractivity contribution < 1.29 is 14.4 Å². The van der Waals surface area contributed by atoms with Crippen molar-refractivity contribution in [3.63, 3.8) is 0 Å². The molecule has 31 heavy (non-hydrogen) atoms. The minimum Gasteiger partial charge on any atom is -0.350 e. The Bertz CT molecular complexity index is 974. The molecule has 162 valence electrons. The first-order valence-electron chi connectivity index (χ1n) is 10.5. The number of benzene rings is 2. The van der Waals surface area contributed by atoms with Crippen LogP contribution < -0.4 is 10.6 Å². The predicted molar refractivity (Wildman–Crippen MR) is 118 cm³/mol. The van der Waals surface area contributed by atoms with Crippen LogP contribution in [0.25, 0.3) is 0 Å². The highest BCUT2D eigenvalue weighted by atomic mass is 35.5. The van der Waals surface area contributed by atoms with Crippen molar-refractivity contribution in [3.8, 4) is 0 Å². The van der Waals surface area contributed by atoms with Gasteiger partial charge in [0.25, 0.3) is 5.91 Å². The molecule has 2 aliphatic rings. The van der Waals surface area contributed by atoms with Gasteiger partial charge >= 0.3 is 6.03 Å². The Morgan fingerprint density at radius 1 is 1.10 bits per heavy atom. The number of carbonyl (C=O) groups excluding carboxylic acids is 3. The Morgan fingerprint density at radius 3 is 2.58 bits per heavy atom. The second-order valence-electron chi connectivity index (χ2n) is 7.82. The van der Waals surface area contributed by atoms with Gasteiger partial charge in [-0.05, 0) is 55.3 Å². The number of rotatable bonds is 7. The van der Waals surface area contributed by atoms with Crippen LogP contribution in [0.1, 0.15) is 40.4 Å². The van der Waals surface area contributed by atoms with Crippen molar-refractivity contribution in [2.75, 3.05) is 26.2 Å². The number of hydrogen-bond acceptors (Lipinski definition) is 4. The monoisotopic (exact) mass is 440 g/mol. The number of nitrogens with zero attached hydrogens (tertiary/aromatic N) is 2. The molecule has 2 aliphatic heterocycles. The molecule has 2 N–H and O–H groups in total. The lowest BCUT2D eigenvalue weighted by atomic mass is 10.0. The lowest BCUT2D eigenvalue weighted by Gasteiger charge is -2.28. The zero-order valence-electron chi connectivity index (χ0n) is 17.1. The van der Waals surface area contributed by atoms with Crippen molar-refractivity contribution in [2.45, 2.75) is 25.4 Å². The summed E-state index contributed by atoms with van der Waals surface area (Å²) in [5, 5.41) is 6.23. The van der Waals surface area contributed by atoms with Gasteiger partial charge in [0.05, 0.1) is 19.1 Å². The summed E-state index contributed by atoms with van der Waals surface area (Å²) in [6, 6.07) is 14.4. The van der Waals surface area contributed by atoms with Gasteiger partial charge in [0.1, 0.15) is 0 Å². The number of halogens is 1. The molecule has 1 atom stereocenters. The summed E-state index contributed by atoms with van der Waals surface area (Å²) in [6.07, 6.45) is 2.28. The number of likely N-dealkylation sites (tertiary alicyclic amines) is 1. The largest absolute Gasteiger partial charge is 0.350 e. The van der Waals surface area contributed by atoms with Crippen LogP contribution in [-0.2, 0) is 11.3 Å². The Balaban J connectivity index is 1.49. The smallest absolute Gasteiger partial charge is 0.324 e. The molecule has 2 aromatic rings. The topological polar surface area (TPSA) is 81.8 Å². The molecule has 0 aliphatic carbocycles. The molecular weight excluding hydrogens is 416 g/mol. The maximum atomic E-state index is 13.1. The minimum atomic E-state index is -0.435. The van der Waals surface area contributed by atoms with E-state index in [0.29, 0.717) is 22.7 Å². The van der Waals surface area contributed by atoms with Crippen LogP contribution in [-0.4, -0.2) is 53.8 Å². The van der Waals surface area contributed by atoms with Gasteiger partial charge in [0, 0.05) is 17.1 Å². The Kier molecular flexibility index (Phi) is 6.53. The van der Waals surface area contributed by atoms with Crippen LogP contribution in [0.5, 0.6) is 0 Å². The van der Waals surface area contributed by atoms with Crippen molar-refractivity contribution in [1.82, 2.24) is 20.4 Å². The van der Waals surface area contributed by atoms with E-state index in [-0.39, 0.29) is 30.9 Å². The molecule has 4 amide bonds. The lowest BCUT2D eigenvalue weighted by Crippen LogP contribution is -2.37. The number of imide groups is 1. The SMILES string of the molecule is O=C(NCC(c1cccc(Cl)c1)N1CCCC1)c1ccccc1CN1C(=O)CNC1=O. The summed E-state index contributed by atoms with van der Waals surface area (Å²) in [5.74, 6) is -0.524. The normalized spacial score (nSPS) is 17.6. The van der Waals surface area contributed by atoms with Crippen LogP contribution in [0.3, 0.4) is 0 Å².